The average Bonchev–Trinajstić information content (AvgIpc) is 2.92. The maximum Gasteiger partial charge on any atom is 0.407 e. The van der Waals surface area contributed by atoms with Gasteiger partial charge in [0, 0.05) is 46.3 Å². The number of hydrogen-bond acceptors (Lipinski definition) is 7. The normalized spacial score (nSPS) is 11.6. The number of alkyl carbamates (subject to hydrolysis) is 1. The van der Waals surface area contributed by atoms with E-state index in [2.05, 4.69) is 38.4 Å². The van der Waals surface area contributed by atoms with E-state index in [4.69, 9.17) is 23.3 Å². The first-order valence-corrected chi connectivity index (χ1v) is 13.9. The predicted molar refractivity (Wildman–Crippen MR) is 159 cm³/mol. The fourth-order valence-corrected chi connectivity index (χ4v) is 3.26. The van der Waals surface area contributed by atoms with E-state index in [1.165, 1.54) is 7.05 Å². The molecule has 0 unspecified atom stereocenters. The first-order chi connectivity index (χ1) is 19.3. The molecular formula is C29H50N6O6. The Hall–Kier alpha value is -3.77. The molecule has 232 valence electrons. The molecule has 0 radical (unpaired) electrons. The van der Waals surface area contributed by atoms with Gasteiger partial charge in [0.05, 0.1) is 0 Å². The monoisotopic (exact) mass is 578 g/mol. The van der Waals surface area contributed by atoms with E-state index in [-0.39, 0.29) is 36.5 Å². The Labute approximate surface area is 245 Å². The maximum absolute atomic E-state index is 11.8. The zero-order valence-corrected chi connectivity index (χ0v) is 25.3. The molecule has 0 rings (SSSR count). The van der Waals surface area contributed by atoms with Crippen molar-refractivity contribution in [2.24, 2.45) is 5.73 Å². The molecule has 12 nitrogen and oxygen atoms in total. The Morgan fingerprint density at radius 3 is 1.59 bits per heavy atom. The van der Waals surface area contributed by atoms with Gasteiger partial charge in [-0.2, -0.15) is 0 Å². The first-order valence-electron chi connectivity index (χ1n) is 13.9. The number of unbranched alkanes of at least 4 members (excludes halogenated alkanes) is 2. The molecule has 0 saturated carbocycles. The van der Waals surface area contributed by atoms with Crippen LogP contribution in [0.5, 0.6) is 0 Å². The summed E-state index contributed by atoms with van der Waals surface area (Å²) in [6, 6.07) is -1.08. The Bertz CT molecular complexity index is 888. The van der Waals surface area contributed by atoms with E-state index in [0.29, 0.717) is 51.6 Å². The average molecular weight is 579 g/mol. The number of likely N-dealkylation sites (N-methyl/N-ethyl adjacent to an activating group) is 2. The van der Waals surface area contributed by atoms with Crippen molar-refractivity contribution < 1.29 is 28.7 Å². The number of hydrogen-bond donors (Lipinski definition) is 6. The highest BCUT2D eigenvalue weighted by Crippen LogP contribution is 2.07. The summed E-state index contributed by atoms with van der Waals surface area (Å²) in [4.78, 5) is 57.9. The largest absolute Gasteiger partial charge is 0.444 e. The van der Waals surface area contributed by atoms with E-state index in [0.717, 1.165) is 12.8 Å². The third-order valence-electron chi connectivity index (χ3n) is 5.32. The van der Waals surface area contributed by atoms with Crippen molar-refractivity contribution in [3.63, 3.8) is 0 Å². The molecule has 7 N–H and O–H groups in total. The number of terminal acetylenes is 2. The van der Waals surface area contributed by atoms with Crippen LogP contribution in [0.1, 0.15) is 85.0 Å². The van der Waals surface area contributed by atoms with Crippen LogP contribution in [-0.2, 0) is 23.9 Å². The minimum atomic E-state index is -0.596. The second kappa shape index (κ2) is 24.1. The molecule has 0 aliphatic heterocycles. The van der Waals surface area contributed by atoms with Crippen LogP contribution < -0.4 is 32.3 Å². The highest BCUT2D eigenvalue weighted by atomic mass is 16.6. The number of carbonyl (C=O) groups is 5. The first kappa shape index (κ1) is 39.4. The van der Waals surface area contributed by atoms with Crippen molar-refractivity contribution in [3.8, 4) is 24.7 Å². The zero-order chi connectivity index (χ0) is 31.7. The summed E-state index contributed by atoms with van der Waals surface area (Å²) in [5, 5.41) is 13.1. The van der Waals surface area contributed by atoms with Crippen molar-refractivity contribution in [1.82, 2.24) is 26.6 Å². The van der Waals surface area contributed by atoms with Crippen LogP contribution in [0.4, 0.5) is 4.79 Å². The number of ether oxygens (including phenoxy) is 1. The van der Waals surface area contributed by atoms with Crippen LogP contribution >= 0.6 is 0 Å². The van der Waals surface area contributed by atoms with Gasteiger partial charge in [-0.15, -0.1) is 24.7 Å². The van der Waals surface area contributed by atoms with Crippen molar-refractivity contribution in [3.05, 3.63) is 0 Å². The minimum Gasteiger partial charge on any atom is -0.444 e. The van der Waals surface area contributed by atoms with Crippen LogP contribution in [0.2, 0.25) is 0 Å². The van der Waals surface area contributed by atoms with Gasteiger partial charge in [-0.25, -0.2) is 4.79 Å². The Morgan fingerprint density at radius 1 is 0.780 bits per heavy atom. The van der Waals surface area contributed by atoms with Gasteiger partial charge in [-0.3, -0.25) is 19.2 Å². The second-order valence-corrected chi connectivity index (χ2v) is 10.1. The molecule has 0 bridgehead atoms. The zero-order valence-electron chi connectivity index (χ0n) is 25.3. The molecule has 41 heavy (non-hydrogen) atoms. The van der Waals surface area contributed by atoms with Crippen molar-refractivity contribution in [2.75, 3.05) is 27.2 Å². The molecule has 2 atom stereocenters. The smallest absolute Gasteiger partial charge is 0.407 e. The lowest BCUT2D eigenvalue weighted by Crippen LogP contribution is -2.45. The quantitative estimate of drug-likeness (QED) is 0.110. The third kappa shape index (κ3) is 23.8. The topological polar surface area (TPSA) is 181 Å². The van der Waals surface area contributed by atoms with Crippen molar-refractivity contribution in [1.29, 1.82) is 0 Å². The van der Waals surface area contributed by atoms with E-state index >= 15 is 0 Å². The summed E-state index contributed by atoms with van der Waals surface area (Å²) < 4.78 is 5.12. The number of nitrogens with one attached hydrogen (secondary N) is 5. The highest BCUT2D eigenvalue weighted by molar-refractivity contribution is 5.88. The second-order valence-electron chi connectivity index (χ2n) is 10.1. The molecule has 0 saturated heterocycles. The Morgan fingerprint density at radius 2 is 1.22 bits per heavy atom. The van der Waals surface area contributed by atoms with Gasteiger partial charge in [0.15, 0.2) is 0 Å². The van der Waals surface area contributed by atoms with Gasteiger partial charge in [0.1, 0.15) is 17.7 Å². The number of carbonyl (C=O) groups excluding carboxylic acids is 5. The molecular weight excluding hydrogens is 528 g/mol. The molecule has 0 aromatic heterocycles. The van der Waals surface area contributed by atoms with Crippen LogP contribution in [0, 0.1) is 24.7 Å². The molecule has 0 spiro atoms. The molecule has 5 amide bonds. The summed E-state index contributed by atoms with van der Waals surface area (Å²) in [7, 11) is 3.07. The molecule has 0 aliphatic rings. The van der Waals surface area contributed by atoms with Crippen LogP contribution in [0.15, 0.2) is 0 Å². The van der Waals surface area contributed by atoms with E-state index in [1.54, 1.807) is 27.8 Å². The summed E-state index contributed by atoms with van der Waals surface area (Å²) in [5.74, 6) is 3.91. The number of nitrogens with two attached hydrogens (primary N) is 1. The van der Waals surface area contributed by atoms with Gasteiger partial charge in [0.25, 0.3) is 0 Å². The molecule has 0 fully saturated rings. The SMILES string of the molecule is C#CCCC(=O)N[C@H](CCCCN)C(=O)NC.C#CCCC(=O)N[C@H](CCCCNC(=O)OC(C)(C)C)C(=O)NC. The maximum atomic E-state index is 11.8. The van der Waals surface area contributed by atoms with Crippen molar-refractivity contribution in [2.45, 2.75) is 103 Å². The lowest BCUT2D eigenvalue weighted by molar-refractivity contribution is -0.128. The third-order valence-corrected chi connectivity index (χ3v) is 5.32. The molecule has 0 heterocycles. The summed E-state index contributed by atoms with van der Waals surface area (Å²) in [5.41, 5.74) is 4.85. The fraction of sp³-hybridized carbons (Fsp3) is 0.690. The molecule has 12 heteroatoms. The lowest BCUT2D eigenvalue weighted by atomic mass is 10.1. The molecule has 0 aromatic rings. The van der Waals surface area contributed by atoms with Crippen LogP contribution in [0.3, 0.4) is 0 Å². The minimum absolute atomic E-state index is 0.184. The molecule has 0 aromatic carbocycles. The number of amides is 5. The highest BCUT2D eigenvalue weighted by Gasteiger charge is 2.20. The van der Waals surface area contributed by atoms with Crippen LogP contribution in [-0.4, -0.2) is 74.6 Å². The standard InChI is InChI=1S/C17H29N3O4.C12H21N3O2/c1-6-7-11-14(21)20-13(15(22)18-5)10-8-9-12-19-16(23)24-17(2,3)4;1-3-4-8-11(16)15-10(12(17)14-2)7-5-6-9-13/h1,13H,7-12H2,2-5H3,(H,18,22)(H,19,23)(H,20,21);1,10H,4-9,13H2,2H3,(H,14,17)(H,15,16)/t13-;10-/m11/s1. The van der Waals surface area contributed by atoms with Gasteiger partial charge in [-0.05, 0) is 65.8 Å². The van der Waals surface area contributed by atoms with Crippen molar-refractivity contribution >= 4 is 29.7 Å². The fourth-order valence-electron chi connectivity index (χ4n) is 3.26. The summed E-state index contributed by atoms with van der Waals surface area (Å²) in [6.07, 6.45) is 15.0. The van der Waals surface area contributed by atoms with Gasteiger partial charge < -0.3 is 37.1 Å². The van der Waals surface area contributed by atoms with Gasteiger partial charge >= 0.3 is 6.09 Å². The van der Waals surface area contributed by atoms with Crippen LogP contribution in [0.25, 0.3) is 0 Å². The van der Waals surface area contributed by atoms with Gasteiger partial charge in [-0.1, -0.05) is 0 Å². The van der Waals surface area contributed by atoms with Gasteiger partial charge in [0.2, 0.25) is 23.6 Å². The summed E-state index contributed by atoms with van der Waals surface area (Å²) in [6.45, 7) is 6.42. The Balaban J connectivity index is 0. The van der Waals surface area contributed by atoms with E-state index < -0.39 is 23.8 Å². The Kier molecular flexibility index (Phi) is 23.1. The predicted octanol–water partition coefficient (Wildman–Crippen LogP) is 1.09. The van der Waals surface area contributed by atoms with E-state index in [1.807, 2.05) is 0 Å². The lowest BCUT2D eigenvalue weighted by Gasteiger charge is -2.20. The summed E-state index contributed by atoms with van der Waals surface area (Å²) >= 11 is 0. The molecule has 0 aliphatic carbocycles. The number of rotatable bonds is 17. The van der Waals surface area contributed by atoms with E-state index in [9.17, 15) is 24.0 Å².